The lowest BCUT2D eigenvalue weighted by Gasteiger charge is -2.08. The third kappa shape index (κ3) is 3.95. The largest absolute Gasteiger partial charge is 0.503 e. The number of aromatic nitrogens is 1. The topological polar surface area (TPSA) is 66.7 Å². The molecule has 0 saturated carbocycles. The number of hydrogen-bond acceptors (Lipinski definition) is 6. The van der Waals surface area contributed by atoms with Crippen molar-refractivity contribution in [1.29, 1.82) is 0 Å². The van der Waals surface area contributed by atoms with Crippen LogP contribution in [0.4, 0.5) is 5.13 Å². The van der Waals surface area contributed by atoms with Crippen LogP contribution in [0.5, 0.6) is 11.5 Å². The number of rotatable bonds is 5. The van der Waals surface area contributed by atoms with Crippen LogP contribution in [0.15, 0.2) is 51.4 Å². The van der Waals surface area contributed by atoms with Gasteiger partial charge in [0.15, 0.2) is 11.5 Å². The zero-order chi connectivity index (χ0) is 17.8. The number of phenolic OH excluding ortho intramolecular Hbond substituents is 1. The van der Waals surface area contributed by atoms with Gasteiger partial charge < -0.3 is 9.84 Å². The summed E-state index contributed by atoms with van der Waals surface area (Å²) in [5, 5.41) is 16.8. The molecule has 2 aromatic carbocycles. The maximum absolute atomic E-state index is 9.86. The number of thiazole rings is 1. The van der Waals surface area contributed by atoms with Crippen molar-refractivity contribution in [2.45, 2.75) is 0 Å². The average Bonchev–Trinajstić information content (AvgIpc) is 3.11. The summed E-state index contributed by atoms with van der Waals surface area (Å²) in [7, 11) is 1.46. The van der Waals surface area contributed by atoms with Gasteiger partial charge >= 0.3 is 0 Å². The molecule has 0 spiro atoms. The highest BCUT2D eigenvalue weighted by molar-refractivity contribution is 9.10. The average molecular weight is 439 g/mol. The molecule has 0 bridgehead atoms. The van der Waals surface area contributed by atoms with E-state index < -0.39 is 0 Å². The van der Waals surface area contributed by atoms with E-state index in [0.717, 1.165) is 11.3 Å². The van der Waals surface area contributed by atoms with E-state index in [2.05, 4.69) is 31.4 Å². The molecule has 0 unspecified atom stereocenters. The van der Waals surface area contributed by atoms with Gasteiger partial charge in [-0.1, -0.05) is 41.9 Å². The molecular formula is C17H13BrClN3O2S. The fraction of sp³-hybridized carbons (Fsp3) is 0.0588. The van der Waals surface area contributed by atoms with Crippen LogP contribution in [-0.2, 0) is 0 Å². The number of nitrogens with one attached hydrogen (secondary N) is 1. The predicted molar refractivity (Wildman–Crippen MR) is 106 cm³/mol. The minimum atomic E-state index is -0.117. The molecule has 25 heavy (non-hydrogen) atoms. The summed E-state index contributed by atoms with van der Waals surface area (Å²) in [6, 6.07) is 11.6. The number of phenols is 1. The standard InChI is InChI=1S/C17H13BrClN3O2S/c1-24-13-7-11(14(18)15(19)16(13)23)8-20-22-17-21-12(9-25-17)10-5-3-2-4-6-10/h2-9,23H,1H3,(H,21,22). The summed E-state index contributed by atoms with van der Waals surface area (Å²) in [6.07, 6.45) is 1.57. The molecule has 128 valence electrons. The fourth-order valence-electron chi connectivity index (χ4n) is 2.08. The SMILES string of the molecule is COc1cc(C=NNc2nc(-c3ccccc3)cs2)c(Br)c(Cl)c1O. The molecule has 3 rings (SSSR count). The molecular weight excluding hydrogens is 426 g/mol. The monoisotopic (exact) mass is 437 g/mol. The van der Waals surface area contributed by atoms with E-state index in [0.29, 0.717) is 15.2 Å². The van der Waals surface area contributed by atoms with E-state index >= 15 is 0 Å². The van der Waals surface area contributed by atoms with Crippen LogP contribution in [0.2, 0.25) is 5.02 Å². The normalized spacial score (nSPS) is 11.0. The second-order valence-corrected chi connectivity index (χ2v) is 6.95. The first-order chi connectivity index (χ1) is 12.1. The second kappa shape index (κ2) is 7.86. The number of hydrazone groups is 1. The van der Waals surface area contributed by atoms with E-state index in [-0.39, 0.29) is 16.5 Å². The van der Waals surface area contributed by atoms with E-state index in [1.165, 1.54) is 18.4 Å². The highest BCUT2D eigenvalue weighted by atomic mass is 79.9. The Kier molecular flexibility index (Phi) is 5.57. The van der Waals surface area contributed by atoms with Crippen molar-refractivity contribution < 1.29 is 9.84 Å². The molecule has 0 saturated heterocycles. The molecule has 1 heterocycles. The van der Waals surface area contributed by atoms with Crippen LogP contribution in [0.1, 0.15) is 5.56 Å². The van der Waals surface area contributed by atoms with Crippen LogP contribution in [-0.4, -0.2) is 23.4 Å². The van der Waals surface area contributed by atoms with Crippen LogP contribution < -0.4 is 10.2 Å². The molecule has 0 aliphatic rings. The van der Waals surface area contributed by atoms with Crippen LogP contribution >= 0.6 is 38.9 Å². The van der Waals surface area contributed by atoms with E-state index in [9.17, 15) is 5.11 Å². The number of methoxy groups -OCH3 is 1. The molecule has 0 fully saturated rings. The van der Waals surface area contributed by atoms with Crippen molar-refractivity contribution in [2.24, 2.45) is 5.10 Å². The first-order valence-corrected chi connectivity index (χ1v) is 9.20. The Morgan fingerprint density at radius 1 is 1.36 bits per heavy atom. The highest BCUT2D eigenvalue weighted by Gasteiger charge is 2.14. The summed E-state index contributed by atoms with van der Waals surface area (Å²) in [6.45, 7) is 0. The molecule has 0 aliphatic carbocycles. The van der Waals surface area contributed by atoms with Gasteiger partial charge in [-0.2, -0.15) is 5.10 Å². The Balaban J connectivity index is 1.76. The first-order valence-electron chi connectivity index (χ1n) is 7.15. The molecule has 2 N–H and O–H groups in total. The lowest BCUT2D eigenvalue weighted by Crippen LogP contribution is -1.94. The van der Waals surface area contributed by atoms with Crippen LogP contribution in [0.25, 0.3) is 11.3 Å². The van der Waals surface area contributed by atoms with Gasteiger partial charge in [0.05, 0.1) is 19.0 Å². The summed E-state index contributed by atoms with van der Waals surface area (Å²) < 4.78 is 5.62. The molecule has 0 atom stereocenters. The van der Waals surface area contributed by atoms with Crippen molar-refractivity contribution in [3.63, 3.8) is 0 Å². The van der Waals surface area contributed by atoms with E-state index in [1.807, 2.05) is 35.7 Å². The van der Waals surface area contributed by atoms with Gasteiger partial charge in [0.1, 0.15) is 5.02 Å². The quantitative estimate of drug-likeness (QED) is 0.414. The van der Waals surface area contributed by atoms with E-state index in [1.54, 1.807) is 12.3 Å². The minimum Gasteiger partial charge on any atom is -0.503 e. The number of hydrogen-bond donors (Lipinski definition) is 2. The van der Waals surface area contributed by atoms with Crippen LogP contribution in [0.3, 0.4) is 0 Å². The van der Waals surface area contributed by atoms with Gasteiger partial charge in [-0.05, 0) is 22.0 Å². The fourth-order valence-corrected chi connectivity index (χ4v) is 3.36. The third-order valence-electron chi connectivity index (χ3n) is 3.33. The zero-order valence-electron chi connectivity index (χ0n) is 13.0. The van der Waals surface area contributed by atoms with Gasteiger partial charge in [0.2, 0.25) is 5.13 Å². The predicted octanol–water partition coefficient (Wildman–Crippen LogP) is 5.39. The van der Waals surface area contributed by atoms with Crippen molar-refractivity contribution in [1.82, 2.24) is 4.98 Å². The number of aromatic hydroxyl groups is 1. The van der Waals surface area contributed by atoms with Gasteiger partial charge in [0.25, 0.3) is 0 Å². The Morgan fingerprint density at radius 3 is 2.84 bits per heavy atom. The second-order valence-electron chi connectivity index (χ2n) is 4.92. The summed E-state index contributed by atoms with van der Waals surface area (Å²) in [4.78, 5) is 4.49. The summed E-state index contributed by atoms with van der Waals surface area (Å²) >= 11 is 10.9. The third-order valence-corrected chi connectivity index (χ3v) is 5.53. The number of benzene rings is 2. The Hall–Kier alpha value is -2.09. The van der Waals surface area contributed by atoms with Crippen LogP contribution in [0, 0.1) is 0 Å². The number of halogens is 2. The Morgan fingerprint density at radius 2 is 2.12 bits per heavy atom. The summed E-state index contributed by atoms with van der Waals surface area (Å²) in [5.74, 6) is 0.156. The maximum Gasteiger partial charge on any atom is 0.203 e. The molecule has 0 aliphatic heterocycles. The zero-order valence-corrected chi connectivity index (χ0v) is 16.2. The Bertz CT molecular complexity index is 916. The lowest BCUT2D eigenvalue weighted by atomic mass is 10.2. The summed E-state index contributed by atoms with van der Waals surface area (Å²) in [5.41, 5.74) is 5.49. The van der Waals surface area contributed by atoms with Crippen molar-refractivity contribution in [2.75, 3.05) is 12.5 Å². The van der Waals surface area contributed by atoms with Gasteiger partial charge in [-0.3, -0.25) is 5.43 Å². The minimum absolute atomic E-state index is 0.117. The molecule has 0 radical (unpaired) electrons. The van der Waals surface area contributed by atoms with Crippen molar-refractivity contribution in [3.05, 3.63) is 56.8 Å². The molecule has 0 amide bonds. The number of anilines is 1. The van der Waals surface area contributed by atoms with E-state index in [4.69, 9.17) is 16.3 Å². The number of nitrogens with zero attached hydrogens (tertiary/aromatic N) is 2. The molecule has 1 aromatic heterocycles. The maximum atomic E-state index is 9.86. The molecule has 8 heteroatoms. The first kappa shape index (κ1) is 17.7. The van der Waals surface area contributed by atoms with Gasteiger partial charge in [0, 0.05) is 21.0 Å². The van der Waals surface area contributed by atoms with Crippen molar-refractivity contribution >= 4 is 50.2 Å². The number of ether oxygens (including phenoxy) is 1. The highest BCUT2D eigenvalue weighted by Crippen LogP contribution is 2.40. The molecule has 5 nitrogen and oxygen atoms in total. The van der Waals surface area contributed by atoms with Crippen molar-refractivity contribution in [3.8, 4) is 22.8 Å². The molecule has 3 aromatic rings. The Labute approximate surface area is 162 Å². The van der Waals surface area contributed by atoms with Gasteiger partial charge in [-0.25, -0.2) is 4.98 Å². The lowest BCUT2D eigenvalue weighted by molar-refractivity contribution is 0.373. The van der Waals surface area contributed by atoms with Gasteiger partial charge in [-0.15, -0.1) is 11.3 Å². The smallest absolute Gasteiger partial charge is 0.203 e.